The summed E-state index contributed by atoms with van der Waals surface area (Å²) in [5, 5.41) is 1.14. The number of carbonyl (C=O) groups is 1. The molecule has 0 radical (unpaired) electrons. The van der Waals surface area contributed by atoms with Crippen molar-refractivity contribution >= 4 is 22.7 Å². The van der Waals surface area contributed by atoms with Gasteiger partial charge in [-0.3, -0.25) is 4.79 Å². The van der Waals surface area contributed by atoms with Crippen molar-refractivity contribution < 1.29 is 4.79 Å². The standard InChI is InChI=1S/C21H35NOS/c1-5-6-7-8-20-9-12-21(13-10-20,14-11-20)15-17-22-18(23)19(4,24-17)16(2)3/h16H,5-15H2,1-4H3. The van der Waals surface area contributed by atoms with Crippen LogP contribution in [0.2, 0.25) is 0 Å². The SMILES string of the molecule is CCCCCC12CCC(CC3=NC(=O)C(C)(C(C)C)S3)(CC1)CC2. The van der Waals surface area contributed by atoms with Crippen LogP contribution >= 0.6 is 11.8 Å². The lowest BCUT2D eigenvalue weighted by Crippen LogP contribution is -2.42. The highest BCUT2D eigenvalue weighted by atomic mass is 32.2. The number of nitrogens with zero attached hydrogens (tertiary/aromatic N) is 1. The summed E-state index contributed by atoms with van der Waals surface area (Å²) < 4.78 is -0.320. The maximum atomic E-state index is 12.4. The van der Waals surface area contributed by atoms with Crippen LogP contribution in [0.25, 0.3) is 0 Å². The van der Waals surface area contributed by atoms with Crippen LogP contribution in [0.3, 0.4) is 0 Å². The van der Waals surface area contributed by atoms with Crippen LogP contribution in [0, 0.1) is 16.7 Å². The predicted molar refractivity (Wildman–Crippen MR) is 105 cm³/mol. The van der Waals surface area contributed by atoms with Gasteiger partial charge in [-0.05, 0) is 68.6 Å². The van der Waals surface area contributed by atoms with Crippen LogP contribution in [0.15, 0.2) is 4.99 Å². The summed E-state index contributed by atoms with van der Waals surface area (Å²) in [5.41, 5.74) is 1.13. The van der Waals surface area contributed by atoms with E-state index in [0.717, 1.165) is 11.5 Å². The predicted octanol–water partition coefficient (Wildman–Crippen LogP) is 6.38. The molecule has 1 atom stereocenters. The van der Waals surface area contributed by atoms with E-state index in [9.17, 15) is 4.79 Å². The van der Waals surface area contributed by atoms with Crippen molar-refractivity contribution in [2.75, 3.05) is 0 Å². The Kier molecular flexibility index (Phi) is 5.22. The Morgan fingerprint density at radius 3 is 2.12 bits per heavy atom. The van der Waals surface area contributed by atoms with E-state index in [4.69, 9.17) is 0 Å². The van der Waals surface area contributed by atoms with Gasteiger partial charge in [0.2, 0.25) is 0 Å². The van der Waals surface area contributed by atoms with Crippen LogP contribution < -0.4 is 0 Å². The molecule has 4 aliphatic rings. The van der Waals surface area contributed by atoms with Crippen LogP contribution in [-0.2, 0) is 4.79 Å². The maximum Gasteiger partial charge on any atom is 0.263 e. The second-order valence-corrected chi connectivity index (χ2v) is 10.8. The molecule has 2 bridgehead atoms. The minimum atomic E-state index is -0.320. The van der Waals surface area contributed by atoms with Gasteiger partial charge in [0.05, 0.1) is 5.04 Å². The van der Waals surface area contributed by atoms with Crippen molar-refractivity contribution in [3.63, 3.8) is 0 Å². The van der Waals surface area contributed by atoms with Gasteiger partial charge in [-0.1, -0.05) is 51.8 Å². The highest BCUT2D eigenvalue weighted by molar-refractivity contribution is 8.16. The third-order valence-electron chi connectivity index (χ3n) is 7.48. The molecular weight excluding hydrogens is 314 g/mol. The fourth-order valence-electron chi connectivity index (χ4n) is 5.03. The maximum absolute atomic E-state index is 12.4. The smallest absolute Gasteiger partial charge is 0.263 e. The molecule has 24 heavy (non-hydrogen) atoms. The van der Waals surface area contributed by atoms with Gasteiger partial charge in [0.1, 0.15) is 4.75 Å². The zero-order valence-corrected chi connectivity index (χ0v) is 16.9. The van der Waals surface area contributed by atoms with Crippen molar-refractivity contribution in [3.05, 3.63) is 0 Å². The lowest BCUT2D eigenvalue weighted by Gasteiger charge is -2.54. The third kappa shape index (κ3) is 3.34. The minimum absolute atomic E-state index is 0.106. The molecule has 3 heteroatoms. The van der Waals surface area contributed by atoms with E-state index >= 15 is 0 Å². The summed E-state index contributed by atoms with van der Waals surface area (Å²) in [5.74, 6) is 0.451. The number of unbranched alkanes of at least 4 members (excludes halogenated alkanes) is 2. The number of amides is 1. The van der Waals surface area contributed by atoms with Gasteiger partial charge in [0.15, 0.2) is 0 Å². The zero-order chi connectivity index (χ0) is 17.4. The summed E-state index contributed by atoms with van der Waals surface area (Å²) in [4.78, 5) is 16.9. The van der Waals surface area contributed by atoms with Gasteiger partial charge < -0.3 is 0 Å². The first kappa shape index (κ1) is 18.5. The Morgan fingerprint density at radius 1 is 1.04 bits per heavy atom. The molecular formula is C21H35NOS. The number of carbonyl (C=O) groups excluding carboxylic acids is 1. The van der Waals surface area contributed by atoms with E-state index < -0.39 is 0 Å². The Labute approximate surface area is 152 Å². The number of thioether (sulfide) groups is 1. The Balaban J connectivity index is 1.59. The number of rotatable bonds is 7. The lowest BCUT2D eigenvalue weighted by atomic mass is 9.52. The third-order valence-corrected chi connectivity index (χ3v) is 9.02. The summed E-state index contributed by atoms with van der Waals surface area (Å²) in [6.45, 7) is 8.68. The Bertz CT molecular complexity index is 499. The van der Waals surface area contributed by atoms with E-state index in [0.29, 0.717) is 16.7 Å². The van der Waals surface area contributed by atoms with E-state index in [2.05, 4.69) is 32.7 Å². The molecule has 1 unspecified atom stereocenters. The minimum Gasteiger partial charge on any atom is -0.271 e. The first-order valence-electron chi connectivity index (χ1n) is 10.1. The fourth-order valence-corrected chi connectivity index (χ4v) is 6.39. The van der Waals surface area contributed by atoms with Gasteiger partial charge in [-0.2, -0.15) is 0 Å². The average Bonchev–Trinajstić information content (AvgIpc) is 2.84. The van der Waals surface area contributed by atoms with E-state index in [-0.39, 0.29) is 10.7 Å². The number of hydrogen-bond acceptors (Lipinski definition) is 2. The molecule has 0 aromatic rings. The largest absolute Gasteiger partial charge is 0.271 e. The van der Waals surface area contributed by atoms with Crippen LogP contribution in [0.4, 0.5) is 0 Å². The molecule has 1 amide bonds. The fraction of sp³-hybridized carbons (Fsp3) is 0.905. The molecule has 0 aromatic carbocycles. The highest BCUT2D eigenvalue weighted by Gasteiger charge is 2.50. The monoisotopic (exact) mass is 349 g/mol. The summed E-state index contributed by atoms with van der Waals surface area (Å²) in [6, 6.07) is 0. The van der Waals surface area contributed by atoms with Crippen molar-refractivity contribution in [2.24, 2.45) is 21.7 Å². The second kappa shape index (κ2) is 6.78. The van der Waals surface area contributed by atoms with E-state index in [1.165, 1.54) is 64.2 Å². The average molecular weight is 350 g/mol. The van der Waals surface area contributed by atoms with Crippen molar-refractivity contribution in [1.82, 2.24) is 0 Å². The molecule has 3 aliphatic carbocycles. The number of hydrogen-bond donors (Lipinski definition) is 0. The van der Waals surface area contributed by atoms with E-state index in [1.54, 1.807) is 11.8 Å². The molecule has 0 aromatic heterocycles. The van der Waals surface area contributed by atoms with Gasteiger partial charge in [-0.15, -0.1) is 0 Å². The molecule has 0 N–H and O–H groups in total. The van der Waals surface area contributed by atoms with Crippen LogP contribution in [0.5, 0.6) is 0 Å². The van der Waals surface area contributed by atoms with Gasteiger partial charge >= 0.3 is 0 Å². The van der Waals surface area contributed by atoms with Gasteiger partial charge in [0, 0.05) is 6.42 Å². The highest BCUT2D eigenvalue weighted by Crippen LogP contribution is 2.61. The lowest BCUT2D eigenvalue weighted by molar-refractivity contribution is -0.120. The molecule has 3 fully saturated rings. The normalized spacial score (nSPS) is 38.9. The molecule has 4 rings (SSSR count). The molecule has 0 saturated heterocycles. The van der Waals surface area contributed by atoms with Gasteiger partial charge in [-0.25, -0.2) is 4.99 Å². The second-order valence-electron chi connectivity index (χ2n) is 9.31. The number of aliphatic imine (C=N–C) groups is 1. The molecule has 2 nitrogen and oxygen atoms in total. The number of fused-ring (bicyclic) bond motifs is 3. The van der Waals surface area contributed by atoms with Crippen molar-refractivity contribution in [1.29, 1.82) is 0 Å². The summed E-state index contributed by atoms with van der Waals surface area (Å²) in [6.07, 6.45) is 15.0. The molecule has 1 aliphatic heterocycles. The van der Waals surface area contributed by atoms with Gasteiger partial charge in [0.25, 0.3) is 5.91 Å². The van der Waals surface area contributed by atoms with Crippen molar-refractivity contribution in [3.8, 4) is 0 Å². The summed E-state index contributed by atoms with van der Waals surface area (Å²) in [7, 11) is 0. The summed E-state index contributed by atoms with van der Waals surface area (Å²) >= 11 is 1.77. The van der Waals surface area contributed by atoms with Crippen LogP contribution in [0.1, 0.15) is 98.3 Å². The quantitative estimate of drug-likeness (QED) is 0.499. The topological polar surface area (TPSA) is 29.4 Å². The van der Waals surface area contributed by atoms with Crippen molar-refractivity contribution in [2.45, 2.75) is 103 Å². The Hall–Kier alpha value is -0.310. The zero-order valence-electron chi connectivity index (χ0n) is 16.1. The molecule has 1 heterocycles. The first-order valence-corrected chi connectivity index (χ1v) is 11.0. The first-order chi connectivity index (χ1) is 11.3. The van der Waals surface area contributed by atoms with E-state index in [1.807, 2.05) is 0 Å². The Morgan fingerprint density at radius 2 is 1.62 bits per heavy atom. The molecule has 136 valence electrons. The molecule has 3 saturated carbocycles. The molecule has 0 spiro atoms. The van der Waals surface area contributed by atoms with Crippen LogP contribution in [-0.4, -0.2) is 15.7 Å².